The summed E-state index contributed by atoms with van der Waals surface area (Å²) in [5, 5.41) is 9.33. The van der Waals surface area contributed by atoms with Crippen LogP contribution in [0.25, 0.3) is 0 Å². The van der Waals surface area contributed by atoms with E-state index < -0.39 is 6.10 Å². The van der Waals surface area contributed by atoms with E-state index in [1.165, 1.54) is 6.42 Å². The maximum atomic E-state index is 12.8. The molecule has 0 radical (unpaired) electrons. The minimum absolute atomic E-state index is 0.0428. The number of anilines is 1. The third-order valence-electron chi connectivity index (χ3n) is 5.33. The maximum Gasteiger partial charge on any atom is 0.251 e. The minimum atomic E-state index is -0.450. The lowest BCUT2D eigenvalue weighted by atomic mass is 10.1. The van der Waals surface area contributed by atoms with Crippen molar-refractivity contribution in [3.63, 3.8) is 0 Å². The van der Waals surface area contributed by atoms with Gasteiger partial charge in [-0.25, -0.2) is 0 Å². The van der Waals surface area contributed by atoms with Crippen molar-refractivity contribution in [2.45, 2.75) is 44.8 Å². The van der Waals surface area contributed by atoms with Crippen LogP contribution in [0.4, 0.5) is 5.69 Å². The van der Waals surface area contributed by atoms with Crippen LogP contribution in [0.1, 0.15) is 38.2 Å². The van der Waals surface area contributed by atoms with Gasteiger partial charge in [0.2, 0.25) is 0 Å². The van der Waals surface area contributed by atoms with Crippen molar-refractivity contribution in [1.82, 2.24) is 4.90 Å². The highest BCUT2D eigenvalue weighted by Gasteiger charge is 2.25. The Morgan fingerprint density at radius 2 is 2.11 bits per heavy atom. The minimum Gasteiger partial charge on any atom is -0.376 e. The van der Waals surface area contributed by atoms with E-state index in [-0.39, 0.29) is 12.0 Å². The molecule has 0 aliphatic carbocycles. The SMILES string of the molecule is C[C@@H](OC[C@H]1CCCCO1)C(=O)N1CCCN(c2ccccc2C#N)CC1. The topological polar surface area (TPSA) is 65.8 Å². The van der Waals surface area contributed by atoms with Gasteiger partial charge in [0.15, 0.2) is 0 Å². The maximum absolute atomic E-state index is 12.8. The van der Waals surface area contributed by atoms with E-state index in [9.17, 15) is 10.1 Å². The number of hydrogen-bond acceptors (Lipinski definition) is 5. The molecule has 1 aromatic carbocycles. The van der Waals surface area contributed by atoms with Crippen LogP contribution in [0, 0.1) is 11.3 Å². The van der Waals surface area contributed by atoms with Gasteiger partial charge in [0.1, 0.15) is 12.2 Å². The van der Waals surface area contributed by atoms with Gasteiger partial charge in [0.25, 0.3) is 5.91 Å². The van der Waals surface area contributed by atoms with Crippen molar-refractivity contribution < 1.29 is 14.3 Å². The molecule has 0 aromatic heterocycles. The zero-order chi connectivity index (χ0) is 19.1. The molecule has 6 nitrogen and oxygen atoms in total. The number of carbonyl (C=O) groups excluding carboxylic acids is 1. The van der Waals surface area contributed by atoms with Gasteiger partial charge < -0.3 is 19.3 Å². The summed E-state index contributed by atoms with van der Waals surface area (Å²) in [5.74, 6) is 0.0428. The summed E-state index contributed by atoms with van der Waals surface area (Å²) in [6.45, 7) is 6.05. The summed E-state index contributed by atoms with van der Waals surface area (Å²) in [6.07, 6.45) is 3.85. The molecule has 3 rings (SSSR count). The molecule has 0 spiro atoms. The third kappa shape index (κ3) is 5.21. The molecule has 1 amide bonds. The summed E-state index contributed by atoms with van der Waals surface area (Å²) in [4.78, 5) is 16.9. The van der Waals surface area contributed by atoms with E-state index in [4.69, 9.17) is 9.47 Å². The Balaban J connectivity index is 1.52. The molecule has 2 heterocycles. The van der Waals surface area contributed by atoms with Crippen molar-refractivity contribution in [3.05, 3.63) is 29.8 Å². The summed E-state index contributed by atoms with van der Waals surface area (Å²) >= 11 is 0. The zero-order valence-electron chi connectivity index (χ0n) is 16.1. The van der Waals surface area contributed by atoms with E-state index in [0.29, 0.717) is 18.7 Å². The molecule has 2 atom stereocenters. The van der Waals surface area contributed by atoms with Crippen LogP contribution in [0.15, 0.2) is 24.3 Å². The summed E-state index contributed by atoms with van der Waals surface area (Å²) in [7, 11) is 0. The average molecular weight is 371 g/mol. The lowest BCUT2D eigenvalue weighted by molar-refractivity contribution is -0.145. The number of nitrogens with zero attached hydrogens (tertiary/aromatic N) is 3. The summed E-state index contributed by atoms with van der Waals surface area (Å²) < 4.78 is 11.5. The molecule has 2 aliphatic rings. The zero-order valence-corrected chi connectivity index (χ0v) is 16.1. The first-order chi connectivity index (χ1) is 13.2. The molecule has 0 N–H and O–H groups in total. The number of rotatable bonds is 5. The van der Waals surface area contributed by atoms with Gasteiger partial charge in [0, 0.05) is 32.8 Å². The quantitative estimate of drug-likeness (QED) is 0.796. The fraction of sp³-hybridized carbons (Fsp3) is 0.619. The number of carbonyl (C=O) groups is 1. The first kappa shape index (κ1) is 19.7. The number of ether oxygens (including phenoxy) is 2. The Labute approximate surface area is 161 Å². The molecule has 6 heteroatoms. The van der Waals surface area contributed by atoms with E-state index in [2.05, 4.69) is 11.0 Å². The van der Waals surface area contributed by atoms with Gasteiger partial charge in [-0.15, -0.1) is 0 Å². The second-order valence-electron chi connectivity index (χ2n) is 7.26. The van der Waals surface area contributed by atoms with Crippen molar-refractivity contribution >= 4 is 11.6 Å². The van der Waals surface area contributed by atoms with Crippen LogP contribution in [-0.4, -0.2) is 62.4 Å². The van der Waals surface area contributed by atoms with Crippen LogP contribution in [0.2, 0.25) is 0 Å². The molecular formula is C21H29N3O3. The van der Waals surface area contributed by atoms with Gasteiger partial charge in [-0.1, -0.05) is 12.1 Å². The van der Waals surface area contributed by atoms with E-state index in [1.54, 1.807) is 0 Å². The normalized spacial score (nSPS) is 22.0. The lowest BCUT2D eigenvalue weighted by Crippen LogP contribution is -2.42. The van der Waals surface area contributed by atoms with Crippen LogP contribution >= 0.6 is 0 Å². The molecule has 2 fully saturated rings. The second-order valence-corrected chi connectivity index (χ2v) is 7.26. The molecule has 2 aliphatic heterocycles. The van der Waals surface area contributed by atoms with Gasteiger partial charge in [-0.2, -0.15) is 5.26 Å². The molecule has 146 valence electrons. The number of nitriles is 1. The Morgan fingerprint density at radius 3 is 2.89 bits per heavy atom. The van der Waals surface area contributed by atoms with Gasteiger partial charge >= 0.3 is 0 Å². The van der Waals surface area contributed by atoms with E-state index >= 15 is 0 Å². The molecule has 2 saturated heterocycles. The highest BCUT2D eigenvalue weighted by Crippen LogP contribution is 2.21. The number of benzene rings is 1. The Kier molecular flexibility index (Phi) is 7.08. The van der Waals surface area contributed by atoms with Crippen LogP contribution < -0.4 is 4.90 Å². The van der Waals surface area contributed by atoms with Crippen LogP contribution in [0.5, 0.6) is 0 Å². The number of hydrogen-bond donors (Lipinski definition) is 0. The molecular weight excluding hydrogens is 342 g/mol. The van der Waals surface area contributed by atoms with E-state index in [0.717, 1.165) is 51.2 Å². The number of amides is 1. The standard InChI is InChI=1S/C21H29N3O3/c1-17(27-16-19-8-4-5-14-26-19)21(25)24-11-6-10-23(12-13-24)20-9-3-2-7-18(20)15-22/h2-3,7,9,17,19H,4-6,8,10-14,16H2,1H3/t17-,19-/m1/s1. The Hall–Kier alpha value is -2.10. The van der Waals surface area contributed by atoms with Crippen molar-refractivity contribution in [3.8, 4) is 6.07 Å². The average Bonchev–Trinajstić information content (AvgIpc) is 2.98. The van der Waals surface area contributed by atoms with Gasteiger partial charge in [0.05, 0.1) is 24.0 Å². The van der Waals surface area contributed by atoms with E-state index in [1.807, 2.05) is 36.1 Å². The first-order valence-corrected chi connectivity index (χ1v) is 9.95. The molecule has 0 unspecified atom stereocenters. The number of para-hydroxylation sites is 1. The molecule has 0 bridgehead atoms. The molecule has 0 saturated carbocycles. The largest absolute Gasteiger partial charge is 0.376 e. The predicted octanol–water partition coefficient (Wildman–Crippen LogP) is 2.57. The predicted molar refractivity (Wildman–Crippen MR) is 104 cm³/mol. The van der Waals surface area contributed by atoms with Gasteiger partial charge in [-0.05, 0) is 44.7 Å². The smallest absolute Gasteiger partial charge is 0.251 e. The second kappa shape index (κ2) is 9.72. The summed E-state index contributed by atoms with van der Waals surface area (Å²) in [5.41, 5.74) is 1.63. The van der Waals surface area contributed by atoms with Crippen molar-refractivity contribution in [2.75, 3.05) is 44.3 Å². The Bertz CT molecular complexity index is 667. The fourth-order valence-electron chi connectivity index (χ4n) is 3.74. The monoisotopic (exact) mass is 371 g/mol. The fourth-order valence-corrected chi connectivity index (χ4v) is 3.74. The molecule has 27 heavy (non-hydrogen) atoms. The third-order valence-corrected chi connectivity index (χ3v) is 5.33. The van der Waals surface area contributed by atoms with Crippen molar-refractivity contribution in [1.29, 1.82) is 5.26 Å². The Morgan fingerprint density at radius 1 is 1.26 bits per heavy atom. The van der Waals surface area contributed by atoms with Crippen LogP contribution in [0.3, 0.4) is 0 Å². The van der Waals surface area contributed by atoms with Crippen LogP contribution in [-0.2, 0) is 14.3 Å². The van der Waals surface area contributed by atoms with Crippen molar-refractivity contribution in [2.24, 2.45) is 0 Å². The summed E-state index contributed by atoms with van der Waals surface area (Å²) in [6, 6.07) is 9.91. The highest BCUT2D eigenvalue weighted by atomic mass is 16.5. The highest BCUT2D eigenvalue weighted by molar-refractivity contribution is 5.80. The van der Waals surface area contributed by atoms with Gasteiger partial charge in [-0.3, -0.25) is 4.79 Å². The lowest BCUT2D eigenvalue weighted by Gasteiger charge is -2.27. The molecule has 1 aromatic rings. The first-order valence-electron chi connectivity index (χ1n) is 9.95.